The predicted molar refractivity (Wildman–Crippen MR) is 81.3 cm³/mol. The summed E-state index contributed by atoms with van der Waals surface area (Å²) < 4.78 is 0.882. The van der Waals surface area contributed by atoms with Gasteiger partial charge in [0, 0.05) is 15.6 Å². The highest BCUT2D eigenvalue weighted by molar-refractivity contribution is 14.1. The van der Waals surface area contributed by atoms with Crippen LogP contribution in [0.1, 0.15) is 22.3 Å². The Morgan fingerprint density at radius 2 is 1.56 bits per heavy atom. The van der Waals surface area contributed by atoms with Gasteiger partial charge < -0.3 is 0 Å². The van der Waals surface area contributed by atoms with Crippen molar-refractivity contribution in [1.29, 1.82) is 5.26 Å². The van der Waals surface area contributed by atoms with Crippen LogP contribution in [-0.4, -0.2) is 0 Å². The average molecular weight is 343 g/mol. The Labute approximate surface area is 121 Å². The van der Waals surface area contributed by atoms with Crippen LogP contribution in [0.4, 0.5) is 0 Å². The predicted octanol–water partition coefficient (Wildman–Crippen LogP) is 3.89. The van der Waals surface area contributed by atoms with Crippen molar-refractivity contribution in [3.05, 3.63) is 70.8 Å². The van der Waals surface area contributed by atoms with Crippen LogP contribution in [0.3, 0.4) is 0 Å². The molecule has 0 aliphatic rings. The topological polar surface area (TPSA) is 23.8 Å². The monoisotopic (exact) mass is 343 g/mol. The van der Waals surface area contributed by atoms with Gasteiger partial charge in [-0.1, -0.05) is 52.6 Å². The molecule has 86 valence electrons. The Kier molecular flexibility index (Phi) is 4.39. The van der Waals surface area contributed by atoms with Gasteiger partial charge in [-0.25, -0.2) is 0 Å². The van der Waals surface area contributed by atoms with Crippen LogP contribution in [0.5, 0.6) is 0 Å². The second kappa shape index (κ2) is 6.23. The summed E-state index contributed by atoms with van der Waals surface area (Å²) in [6.07, 6.45) is 0. The van der Waals surface area contributed by atoms with Crippen molar-refractivity contribution in [3.8, 4) is 17.9 Å². The van der Waals surface area contributed by atoms with Crippen molar-refractivity contribution in [2.45, 2.75) is 4.43 Å². The lowest BCUT2D eigenvalue weighted by atomic mass is 10.1. The minimum atomic E-state index is 0.668. The Morgan fingerprint density at radius 3 is 2.22 bits per heavy atom. The lowest BCUT2D eigenvalue weighted by Crippen LogP contribution is -1.85. The standard InChI is InChI=1S/C16H10IN/c17-11-15-8-14(9-16(10-15)12-18)7-6-13-4-2-1-3-5-13/h1-5,8-10H,11H2. The van der Waals surface area contributed by atoms with Crippen LogP contribution < -0.4 is 0 Å². The second-order valence-electron chi connectivity index (χ2n) is 3.78. The van der Waals surface area contributed by atoms with E-state index < -0.39 is 0 Å². The van der Waals surface area contributed by atoms with Crippen LogP contribution in [0.25, 0.3) is 0 Å². The molecule has 2 aromatic carbocycles. The van der Waals surface area contributed by atoms with Gasteiger partial charge in [-0.05, 0) is 35.9 Å². The summed E-state index contributed by atoms with van der Waals surface area (Å²) in [5, 5.41) is 8.97. The van der Waals surface area contributed by atoms with Gasteiger partial charge in [0.05, 0.1) is 11.6 Å². The van der Waals surface area contributed by atoms with E-state index in [1.165, 1.54) is 0 Å². The van der Waals surface area contributed by atoms with Gasteiger partial charge in [0.25, 0.3) is 0 Å². The zero-order chi connectivity index (χ0) is 12.8. The third-order valence-corrected chi connectivity index (χ3v) is 3.28. The van der Waals surface area contributed by atoms with Gasteiger partial charge in [0.1, 0.15) is 0 Å². The van der Waals surface area contributed by atoms with E-state index in [2.05, 4.69) is 40.5 Å². The van der Waals surface area contributed by atoms with Crippen molar-refractivity contribution in [2.75, 3.05) is 0 Å². The highest BCUT2D eigenvalue weighted by Crippen LogP contribution is 2.12. The SMILES string of the molecule is N#Cc1cc(C#Cc2ccccc2)cc(CI)c1. The smallest absolute Gasteiger partial charge is 0.0992 e. The molecule has 0 aromatic heterocycles. The minimum Gasteiger partial charge on any atom is -0.192 e. The molecule has 0 unspecified atom stereocenters. The van der Waals surface area contributed by atoms with E-state index in [9.17, 15) is 0 Å². The number of nitrogens with zero attached hydrogens (tertiary/aromatic N) is 1. The van der Waals surface area contributed by atoms with Crippen LogP contribution in [-0.2, 0) is 4.43 Å². The van der Waals surface area contributed by atoms with E-state index in [4.69, 9.17) is 5.26 Å². The number of halogens is 1. The zero-order valence-electron chi connectivity index (χ0n) is 9.65. The number of hydrogen-bond donors (Lipinski definition) is 0. The largest absolute Gasteiger partial charge is 0.192 e. The van der Waals surface area contributed by atoms with E-state index in [1.54, 1.807) is 0 Å². The lowest BCUT2D eigenvalue weighted by Gasteiger charge is -1.98. The summed E-state index contributed by atoms with van der Waals surface area (Å²) in [4.78, 5) is 0. The molecule has 2 aromatic rings. The first-order valence-corrected chi connectivity index (χ1v) is 7.01. The molecular formula is C16H10IN. The Bertz CT molecular complexity index is 642. The van der Waals surface area contributed by atoms with Gasteiger partial charge in [0.15, 0.2) is 0 Å². The maximum absolute atomic E-state index is 8.97. The Balaban J connectivity index is 2.36. The fourth-order valence-corrected chi connectivity index (χ4v) is 2.01. The molecule has 2 rings (SSSR count). The summed E-state index contributed by atoms with van der Waals surface area (Å²) in [5.41, 5.74) is 3.67. The molecule has 0 heterocycles. The first kappa shape index (κ1) is 12.7. The summed E-state index contributed by atoms with van der Waals surface area (Å²) >= 11 is 2.29. The first-order chi connectivity index (χ1) is 8.81. The van der Waals surface area contributed by atoms with Crippen LogP contribution >= 0.6 is 22.6 Å². The molecule has 18 heavy (non-hydrogen) atoms. The first-order valence-electron chi connectivity index (χ1n) is 5.49. The summed E-state index contributed by atoms with van der Waals surface area (Å²) in [6.45, 7) is 0. The van der Waals surface area contributed by atoms with Crippen molar-refractivity contribution >= 4 is 22.6 Å². The molecule has 0 radical (unpaired) electrons. The van der Waals surface area contributed by atoms with E-state index >= 15 is 0 Å². The van der Waals surface area contributed by atoms with Gasteiger partial charge in [-0.3, -0.25) is 0 Å². The maximum atomic E-state index is 8.97. The number of rotatable bonds is 1. The summed E-state index contributed by atoms with van der Waals surface area (Å²) in [7, 11) is 0. The number of hydrogen-bond acceptors (Lipinski definition) is 1. The third-order valence-electron chi connectivity index (χ3n) is 2.40. The average Bonchev–Trinajstić information content (AvgIpc) is 2.45. The zero-order valence-corrected chi connectivity index (χ0v) is 11.8. The van der Waals surface area contributed by atoms with Gasteiger partial charge >= 0.3 is 0 Å². The van der Waals surface area contributed by atoms with Gasteiger partial charge in [0.2, 0.25) is 0 Å². The number of nitriles is 1. The van der Waals surface area contributed by atoms with Gasteiger partial charge in [-0.15, -0.1) is 0 Å². The molecular weight excluding hydrogens is 333 g/mol. The van der Waals surface area contributed by atoms with E-state index in [0.29, 0.717) is 5.56 Å². The van der Waals surface area contributed by atoms with Crippen LogP contribution in [0.2, 0.25) is 0 Å². The molecule has 0 aliphatic carbocycles. The van der Waals surface area contributed by atoms with Crippen molar-refractivity contribution < 1.29 is 0 Å². The minimum absolute atomic E-state index is 0.668. The van der Waals surface area contributed by atoms with E-state index in [0.717, 1.165) is 21.1 Å². The highest BCUT2D eigenvalue weighted by Gasteiger charge is 1.97. The Hall–Kier alpha value is -1.78. The van der Waals surface area contributed by atoms with Crippen molar-refractivity contribution in [3.63, 3.8) is 0 Å². The van der Waals surface area contributed by atoms with Crippen molar-refractivity contribution in [2.24, 2.45) is 0 Å². The normalized spacial score (nSPS) is 9.11. The molecule has 0 spiro atoms. The second-order valence-corrected chi connectivity index (χ2v) is 4.54. The molecule has 1 nitrogen and oxygen atoms in total. The van der Waals surface area contributed by atoms with E-state index in [-0.39, 0.29) is 0 Å². The number of alkyl halides is 1. The molecule has 0 fully saturated rings. The molecule has 0 aliphatic heterocycles. The summed E-state index contributed by atoms with van der Waals surface area (Å²) in [5.74, 6) is 6.21. The highest BCUT2D eigenvalue weighted by atomic mass is 127. The fourth-order valence-electron chi connectivity index (χ4n) is 1.57. The van der Waals surface area contributed by atoms with E-state index in [1.807, 2.05) is 48.5 Å². The fraction of sp³-hybridized carbons (Fsp3) is 0.0625. The molecule has 0 saturated heterocycles. The summed E-state index contributed by atoms with van der Waals surface area (Å²) in [6, 6.07) is 17.8. The lowest BCUT2D eigenvalue weighted by molar-refractivity contribution is 1.40. The van der Waals surface area contributed by atoms with Crippen molar-refractivity contribution in [1.82, 2.24) is 0 Å². The van der Waals surface area contributed by atoms with Crippen LogP contribution in [0.15, 0.2) is 48.5 Å². The molecule has 0 bridgehead atoms. The molecule has 2 heteroatoms. The molecule has 0 atom stereocenters. The maximum Gasteiger partial charge on any atom is 0.0992 e. The third kappa shape index (κ3) is 3.35. The molecule has 0 amide bonds. The molecule has 0 saturated carbocycles. The number of benzene rings is 2. The van der Waals surface area contributed by atoms with Crippen LogP contribution in [0, 0.1) is 23.2 Å². The molecule has 0 N–H and O–H groups in total. The Morgan fingerprint density at radius 1 is 0.889 bits per heavy atom. The quantitative estimate of drug-likeness (QED) is 0.438. The van der Waals surface area contributed by atoms with Gasteiger partial charge in [-0.2, -0.15) is 5.26 Å².